The lowest BCUT2D eigenvalue weighted by atomic mass is 9.90. The molecule has 34 heteroatoms. The summed E-state index contributed by atoms with van der Waals surface area (Å²) in [4.78, 5) is 157. The van der Waals surface area contributed by atoms with Gasteiger partial charge in [-0.25, -0.2) is 9.59 Å². The van der Waals surface area contributed by atoms with Crippen LogP contribution in [0, 0.1) is 0 Å². The molecule has 3 aliphatic rings. The highest BCUT2D eigenvalue weighted by atomic mass is 32.1. The second-order valence-corrected chi connectivity index (χ2v) is 34.8. The van der Waals surface area contributed by atoms with Crippen LogP contribution < -0.4 is 42.6 Å². The molecule has 12 aromatic rings. The molecule has 1 fully saturated rings. The lowest BCUT2D eigenvalue weighted by Gasteiger charge is -2.30. The van der Waals surface area contributed by atoms with E-state index in [1.807, 2.05) is 146 Å². The molecule has 0 spiro atoms. The summed E-state index contributed by atoms with van der Waals surface area (Å²) in [6.45, 7) is 2.02. The minimum Gasteiger partial charge on any atom is -0.508 e. The minimum absolute atomic E-state index is 0.00165. The quantitative estimate of drug-likeness (QED) is 0.00960. The summed E-state index contributed by atoms with van der Waals surface area (Å²) in [5.74, 6) is -5.50. The number of nitrogens with zero attached hydrogens (tertiary/aromatic N) is 12. The van der Waals surface area contributed by atoms with Crippen LogP contribution >= 0.6 is 12.2 Å². The number of aromatic nitrogens is 8. The van der Waals surface area contributed by atoms with Crippen LogP contribution in [0.25, 0.3) is 33.4 Å². The normalized spacial score (nSPS) is 13.4. The fourth-order valence-electron chi connectivity index (χ4n) is 17.3. The maximum atomic E-state index is 15.2. The molecule has 2 atom stereocenters. The fraction of sp³-hybridized carbons (Fsp3) is 0.255. The van der Waals surface area contributed by atoms with E-state index in [2.05, 4.69) is 96.7 Å². The molecule has 8 aromatic heterocycles. The molecule has 0 saturated heterocycles. The number of aromatic carboxylic acids is 1. The molecular formula is C106H107N19O14S. The number of amides is 5. The highest BCUT2D eigenvalue weighted by Gasteiger charge is 2.32. The van der Waals surface area contributed by atoms with Crippen molar-refractivity contribution in [3.05, 3.63) is 369 Å². The summed E-state index contributed by atoms with van der Waals surface area (Å²) in [5, 5.41) is 67.4. The number of anilines is 1. The maximum Gasteiger partial charge on any atom is 0.336 e. The number of carboxylic acid groups (broad SMARTS) is 1. The highest BCUT2D eigenvalue weighted by Crippen LogP contribution is 2.43. The van der Waals surface area contributed by atoms with Crippen molar-refractivity contribution in [3.63, 3.8) is 0 Å². The van der Waals surface area contributed by atoms with Crippen LogP contribution in [0.1, 0.15) is 128 Å². The molecule has 5 amide bonds. The lowest BCUT2D eigenvalue weighted by molar-refractivity contribution is -0.145. The number of thiocarbonyl (C=S) groups is 1. The Labute approximate surface area is 813 Å². The monoisotopic (exact) mass is 1900 g/mol. The number of hydrogen-bond donors (Lipinski definition) is 11. The average molecular weight is 1900 g/mol. The zero-order valence-electron chi connectivity index (χ0n) is 77.0. The minimum atomic E-state index is -1.44. The van der Waals surface area contributed by atoms with E-state index in [0.717, 1.165) is 45.6 Å². The highest BCUT2D eigenvalue weighted by molar-refractivity contribution is 7.80. The smallest absolute Gasteiger partial charge is 0.336 e. The molecule has 0 bridgehead atoms. The first kappa shape index (κ1) is 98.5. The van der Waals surface area contributed by atoms with Gasteiger partial charge in [-0.05, 0) is 188 Å². The molecule has 716 valence electrons. The Morgan fingerprint density at radius 3 is 1.21 bits per heavy atom. The summed E-state index contributed by atoms with van der Waals surface area (Å²) in [6.07, 6.45) is 14.8. The van der Waals surface area contributed by atoms with E-state index < -0.39 is 66.6 Å². The third-order valence-electron chi connectivity index (χ3n) is 23.8. The van der Waals surface area contributed by atoms with Gasteiger partial charge in [0.25, 0.3) is 0 Å². The van der Waals surface area contributed by atoms with Gasteiger partial charge in [0.1, 0.15) is 40.7 Å². The van der Waals surface area contributed by atoms with E-state index >= 15 is 4.79 Å². The van der Waals surface area contributed by atoms with Gasteiger partial charge < -0.3 is 66.8 Å². The lowest BCUT2D eigenvalue weighted by Crippen LogP contribution is -2.51. The third-order valence-corrected chi connectivity index (χ3v) is 24.0. The van der Waals surface area contributed by atoms with Crippen LogP contribution in [0.4, 0.5) is 5.69 Å². The number of ether oxygens (including phenoxy) is 1. The number of rotatable bonds is 44. The second-order valence-electron chi connectivity index (χ2n) is 34.4. The zero-order valence-corrected chi connectivity index (χ0v) is 77.8. The van der Waals surface area contributed by atoms with E-state index in [4.69, 9.17) is 21.4 Å². The predicted octanol–water partition coefficient (Wildman–Crippen LogP) is 11.7. The first-order valence-corrected chi connectivity index (χ1v) is 46.4. The number of carbonyl (C=O) groups excluding carboxylic acids is 6. The second kappa shape index (κ2) is 48.6. The molecule has 15 rings (SSSR count). The Morgan fingerprint density at radius 1 is 0.421 bits per heavy atom. The SMILES string of the molecule is COC(=O)[C@H](Cc1cc(CN(Cc2ccccn2)Cc2ccccn2)c(O)c(CN(Cc2ccccn2)Cc2ccccn2)c1)NC(=O)CNC(=O)CNC(=O)[C@H](Cc1cc(CN(Cc2ccccn2)Cc2ccccn2)c(O)c(CN(Cc2ccccn2)Cc2ccccn2)c1)NC(=O)CCC(=O)NC1CCC(NC(=S)Nc2ccc(-c3c4ccc(=O)cc-4oc4cc(O)ccc34)c(C(=O)O)c2)CC1. The zero-order chi connectivity index (χ0) is 97.6. The van der Waals surface area contributed by atoms with E-state index in [0.29, 0.717) is 139 Å². The van der Waals surface area contributed by atoms with E-state index in [1.54, 1.807) is 98.1 Å². The maximum absolute atomic E-state index is 15.2. The number of carbonyl (C=O) groups is 7. The number of nitrogens with one attached hydrogen (secondary N) is 7. The van der Waals surface area contributed by atoms with Crippen molar-refractivity contribution >= 4 is 75.5 Å². The van der Waals surface area contributed by atoms with Gasteiger partial charge in [0.15, 0.2) is 10.5 Å². The number of esters is 1. The summed E-state index contributed by atoms with van der Waals surface area (Å²) >= 11 is 5.77. The number of methoxy groups -OCH3 is 1. The van der Waals surface area contributed by atoms with Gasteiger partial charge in [-0.3, -0.25) is 88.2 Å². The number of carboxylic acids is 1. The summed E-state index contributed by atoms with van der Waals surface area (Å²) in [5.41, 5.74) is 10.5. The van der Waals surface area contributed by atoms with Crippen molar-refractivity contribution in [1.29, 1.82) is 0 Å². The molecule has 11 N–H and O–H groups in total. The predicted molar refractivity (Wildman–Crippen MR) is 527 cm³/mol. The number of benzene rings is 5. The average Bonchev–Trinajstić information content (AvgIpc) is 0.747. The van der Waals surface area contributed by atoms with Crippen LogP contribution in [-0.2, 0) is 125 Å². The van der Waals surface area contributed by atoms with Gasteiger partial charge in [-0.15, -0.1) is 0 Å². The number of phenols is 3. The Morgan fingerprint density at radius 2 is 0.807 bits per heavy atom. The molecule has 1 saturated carbocycles. The summed E-state index contributed by atoms with van der Waals surface area (Å²) in [6, 6.07) is 62.4. The van der Waals surface area contributed by atoms with E-state index in [1.165, 1.54) is 37.4 Å². The number of hydrogen-bond acceptors (Lipinski definition) is 26. The largest absolute Gasteiger partial charge is 0.508 e. The molecule has 0 unspecified atom stereocenters. The van der Waals surface area contributed by atoms with Crippen molar-refractivity contribution in [3.8, 4) is 39.7 Å². The van der Waals surface area contributed by atoms with Crippen LogP contribution in [0.2, 0.25) is 0 Å². The van der Waals surface area contributed by atoms with Crippen molar-refractivity contribution in [2.75, 3.05) is 25.5 Å². The van der Waals surface area contributed by atoms with Gasteiger partial charge in [-0.1, -0.05) is 78.9 Å². The number of phenolic OH excluding ortho intramolecular Hbond substituents is 3. The number of pyridine rings is 8. The molecule has 1 aliphatic heterocycles. The number of fused-ring (bicyclic) bond motifs is 2. The molecule has 33 nitrogen and oxygen atoms in total. The Hall–Kier alpha value is -16.0. The van der Waals surface area contributed by atoms with Crippen LogP contribution in [-0.4, -0.2) is 171 Å². The fourth-order valence-corrected chi connectivity index (χ4v) is 17.6. The standard InChI is InChI=1S/C106H107N19O14S/c1-138-105(137)93(51-70-48-73(59-124(65-82-22-6-14-42-111-82)66-83-23-7-15-43-112-83)102(133)74(49-70)60-125(67-84-24-8-16-44-113-84)68-85-25-9-17-45-114-85)121-99(131)56-115-98(130)55-116-103(134)92(50-69-46-71(57-122(61-78-18-2-10-38-107-78)62-79-19-3-11-39-108-79)101(132)72(47-69)58-123(63-80-20-4-12-40-109-80)64-81-21-5-13-41-110-81)120-97(129)37-36-96(128)117-75-26-28-76(29-27-75)118-106(140)119-77-30-33-88(91(52-77)104(135)136)100-89-34-31-86(126)53-94(89)139-95-54-87(127)32-35-90(95)100/h2-25,30-35,38-49,52-54,75-76,92-93,126,132-133H,26-29,36-37,50-51,55-68H2,1H3,(H,115,130)(H,116,134)(H,117,128)(H,120,129)(H,121,131)(H,135,136)(H2,118,119,140)/t75?,76?,92-,93-/m0/s1. The van der Waals surface area contributed by atoms with Crippen molar-refractivity contribution in [2.45, 2.75) is 154 Å². The Balaban J connectivity index is 0.646. The van der Waals surface area contributed by atoms with Gasteiger partial charge in [-0.2, -0.15) is 0 Å². The first-order valence-electron chi connectivity index (χ1n) is 46.0. The van der Waals surface area contributed by atoms with Crippen LogP contribution in [0.3, 0.4) is 0 Å². The molecule has 4 aromatic carbocycles. The van der Waals surface area contributed by atoms with Crippen molar-refractivity contribution in [2.24, 2.45) is 0 Å². The van der Waals surface area contributed by atoms with Crippen LogP contribution in [0.5, 0.6) is 17.2 Å². The van der Waals surface area contributed by atoms with Gasteiger partial charge in [0.2, 0.25) is 29.5 Å². The molecule has 2 aliphatic carbocycles. The van der Waals surface area contributed by atoms with Crippen molar-refractivity contribution in [1.82, 2.24) is 91.4 Å². The Bertz CT molecular complexity index is 6240. The molecule has 9 heterocycles. The molecular weight excluding hydrogens is 1800 g/mol. The molecule has 140 heavy (non-hydrogen) atoms. The third kappa shape index (κ3) is 28.6. The van der Waals surface area contributed by atoms with E-state index in [9.17, 15) is 54.0 Å². The first-order chi connectivity index (χ1) is 68.1. The van der Waals surface area contributed by atoms with Crippen molar-refractivity contribution < 1.29 is 63.1 Å². The summed E-state index contributed by atoms with van der Waals surface area (Å²) in [7, 11) is 1.19. The topological polar surface area (TPSA) is 440 Å². The molecule has 0 radical (unpaired) electrons. The Kier molecular flexibility index (Phi) is 34.2. The number of aromatic hydroxyl groups is 3. The van der Waals surface area contributed by atoms with Gasteiger partial charge in [0.05, 0.1) is 71.3 Å². The van der Waals surface area contributed by atoms with Gasteiger partial charge >= 0.3 is 11.9 Å². The summed E-state index contributed by atoms with van der Waals surface area (Å²) < 4.78 is 11.3. The van der Waals surface area contributed by atoms with Gasteiger partial charge in [0, 0.05) is 222 Å². The van der Waals surface area contributed by atoms with E-state index in [-0.39, 0.29) is 109 Å². The van der Waals surface area contributed by atoms with Crippen LogP contribution in [0.15, 0.2) is 283 Å².